The van der Waals surface area contributed by atoms with Crippen LogP contribution in [-0.4, -0.2) is 12.5 Å². The summed E-state index contributed by atoms with van der Waals surface area (Å²) >= 11 is 8.28. The minimum Gasteiger partial charge on any atom is -0.494 e. The van der Waals surface area contributed by atoms with Crippen LogP contribution in [0.25, 0.3) is 6.08 Å². The summed E-state index contributed by atoms with van der Waals surface area (Å²) in [5.41, 5.74) is 3.37. The second-order valence-corrected chi connectivity index (χ2v) is 8.84. The van der Waals surface area contributed by atoms with Gasteiger partial charge in [0.25, 0.3) is 5.91 Å². The van der Waals surface area contributed by atoms with Gasteiger partial charge in [0, 0.05) is 26.3 Å². The largest absolute Gasteiger partial charge is 0.494 e. The average Bonchev–Trinajstić information content (AvgIpc) is 2.78. The van der Waals surface area contributed by atoms with Gasteiger partial charge in [-0.15, -0.1) is 0 Å². The van der Waals surface area contributed by atoms with E-state index in [1.54, 1.807) is 42.5 Å². The van der Waals surface area contributed by atoms with Crippen LogP contribution in [0.1, 0.15) is 29.2 Å². The van der Waals surface area contributed by atoms with E-state index >= 15 is 0 Å². The van der Waals surface area contributed by atoms with Gasteiger partial charge in [-0.1, -0.05) is 35.9 Å². The van der Waals surface area contributed by atoms with Crippen molar-refractivity contribution in [3.05, 3.63) is 96.8 Å². The monoisotopic (exact) mass is 574 g/mol. The van der Waals surface area contributed by atoms with Crippen LogP contribution in [-0.2, 0) is 11.2 Å². The first-order valence-corrected chi connectivity index (χ1v) is 11.7. The second-order valence-electron chi connectivity index (χ2n) is 7.27. The molecular formula is C26H21ClFIN2O2. The quantitative estimate of drug-likeness (QED) is 0.189. The summed E-state index contributed by atoms with van der Waals surface area (Å²) in [6.45, 7) is 4.15. The minimum absolute atomic E-state index is 0.0631. The predicted molar refractivity (Wildman–Crippen MR) is 138 cm³/mol. The Bertz CT molecular complexity index is 1270. The van der Waals surface area contributed by atoms with Gasteiger partial charge >= 0.3 is 0 Å². The van der Waals surface area contributed by atoms with Crippen LogP contribution in [0.4, 0.5) is 10.1 Å². The summed E-state index contributed by atoms with van der Waals surface area (Å²) in [5.74, 6) is -0.234. The average molecular weight is 575 g/mol. The molecule has 0 bridgehead atoms. The lowest BCUT2D eigenvalue weighted by Gasteiger charge is -2.14. The lowest BCUT2D eigenvalue weighted by Crippen LogP contribution is -2.13. The van der Waals surface area contributed by atoms with E-state index in [0.29, 0.717) is 40.6 Å². The molecule has 3 aromatic carbocycles. The molecule has 0 saturated heterocycles. The molecule has 0 radical (unpaired) electrons. The molecule has 0 heterocycles. The number of amides is 1. The number of benzene rings is 3. The number of carbonyl (C=O) groups excluding carboxylic acids is 1. The normalized spacial score (nSPS) is 11.1. The number of carbonyl (C=O) groups is 1. The standard InChI is InChI=1S/C26H21ClFIN2O2/c1-3-33-25-12-17(11-24(29)21(25)13-18-6-4-5-7-23(18)28)10-19(15-30)26(32)31-20-9-8-16(2)22(27)14-20/h4-12,14H,3,13H2,1-2H3,(H,31,32)/b19-10+. The van der Waals surface area contributed by atoms with E-state index in [1.807, 2.05) is 26.0 Å². The van der Waals surface area contributed by atoms with Gasteiger partial charge < -0.3 is 10.1 Å². The number of halogens is 3. The van der Waals surface area contributed by atoms with Gasteiger partial charge in [-0.2, -0.15) is 5.26 Å². The van der Waals surface area contributed by atoms with Crippen molar-refractivity contribution >= 4 is 51.9 Å². The number of hydrogen-bond acceptors (Lipinski definition) is 3. The summed E-state index contributed by atoms with van der Waals surface area (Å²) in [7, 11) is 0. The van der Waals surface area contributed by atoms with Gasteiger partial charge in [0.1, 0.15) is 23.2 Å². The second kappa shape index (κ2) is 11.3. The molecule has 0 unspecified atom stereocenters. The van der Waals surface area contributed by atoms with Crippen molar-refractivity contribution in [2.24, 2.45) is 0 Å². The highest BCUT2D eigenvalue weighted by molar-refractivity contribution is 14.1. The molecule has 0 aliphatic rings. The summed E-state index contributed by atoms with van der Waals surface area (Å²) in [4.78, 5) is 12.7. The van der Waals surface area contributed by atoms with Crippen LogP contribution in [0.3, 0.4) is 0 Å². The molecule has 168 valence electrons. The smallest absolute Gasteiger partial charge is 0.266 e. The Balaban J connectivity index is 1.92. The lowest BCUT2D eigenvalue weighted by atomic mass is 10.0. The molecule has 4 nitrogen and oxygen atoms in total. The Hall–Kier alpha value is -2.89. The summed E-state index contributed by atoms with van der Waals surface area (Å²) in [5, 5.41) is 12.8. The number of aryl methyl sites for hydroxylation is 1. The zero-order valence-electron chi connectivity index (χ0n) is 18.1. The highest BCUT2D eigenvalue weighted by atomic mass is 127. The Kier molecular flexibility index (Phi) is 8.48. The number of hydrogen-bond donors (Lipinski definition) is 1. The molecule has 3 rings (SSSR count). The Labute approximate surface area is 211 Å². The fourth-order valence-electron chi connectivity index (χ4n) is 3.19. The molecule has 7 heteroatoms. The van der Waals surface area contributed by atoms with Crippen molar-refractivity contribution in [3.63, 3.8) is 0 Å². The number of nitrogens with zero attached hydrogens (tertiary/aromatic N) is 1. The van der Waals surface area contributed by atoms with Gasteiger partial charge in [-0.3, -0.25) is 4.79 Å². The summed E-state index contributed by atoms with van der Waals surface area (Å²) < 4.78 is 20.9. The Morgan fingerprint density at radius 1 is 1.24 bits per heavy atom. The fourth-order valence-corrected chi connectivity index (χ4v) is 4.18. The summed E-state index contributed by atoms with van der Waals surface area (Å²) in [6, 6.07) is 17.3. The number of nitriles is 1. The van der Waals surface area contributed by atoms with E-state index in [9.17, 15) is 14.4 Å². The highest BCUT2D eigenvalue weighted by Crippen LogP contribution is 2.30. The molecule has 0 aliphatic carbocycles. The number of ether oxygens (including phenoxy) is 1. The molecule has 1 amide bonds. The van der Waals surface area contributed by atoms with Crippen molar-refractivity contribution in [1.29, 1.82) is 5.26 Å². The first-order chi connectivity index (χ1) is 15.8. The molecule has 0 aliphatic heterocycles. The molecular weight excluding hydrogens is 554 g/mol. The first kappa shape index (κ1) is 24.7. The van der Waals surface area contributed by atoms with Crippen molar-refractivity contribution < 1.29 is 13.9 Å². The molecule has 0 atom stereocenters. The zero-order valence-corrected chi connectivity index (χ0v) is 21.0. The lowest BCUT2D eigenvalue weighted by molar-refractivity contribution is -0.112. The van der Waals surface area contributed by atoms with Crippen molar-refractivity contribution in [2.45, 2.75) is 20.3 Å². The van der Waals surface area contributed by atoms with Crippen LogP contribution in [0.2, 0.25) is 5.02 Å². The maximum atomic E-state index is 14.2. The van der Waals surface area contributed by atoms with Crippen molar-refractivity contribution in [1.82, 2.24) is 0 Å². The zero-order chi connectivity index (χ0) is 24.0. The van der Waals surface area contributed by atoms with Crippen LogP contribution in [0.15, 0.2) is 60.2 Å². The minimum atomic E-state index is -0.541. The maximum absolute atomic E-state index is 14.2. The van der Waals surface area contributed by atoms with Crippen LogP contribution >= 0.6 is 34.2 Å². The maximum Gasteiger partial charge on any atom is 0.266 e. The summed E-state index contributed by atoms with van der Waals surface area (Å²) in [6.07, 6.45) is 1.87. The topological polar surface area (TPSA) is 62.1 Å². The number of nitrogens with one attached hydrogen (secondary N) is 1. The SMILES string of the molecule is CCOc1cc(/C=C(\C#N)C(=O)Nc2ccc(C)c(Cl)c2)cc(I)c1Cc1ccccc1F. The molecule has 1 N–H and O–H groups in total. The molecule has 3 aromatic rings. The molecule has 0 fully saturated rings. The Morgan fingerprint density at radius 3 is 2.67 bits per heavy atom. The molecule has 0 spiro atoms. The Morgan fingerprint density at radius 2 is 2.00 bits per heavy atom. The third kappa shape index (κ3) is 6.34. The number of anilines is 1. The van der Waals surface area contributed by atoms with Crippen LogP contribution in [0, 0.1) is 27.6 Å². The number of rotatable bonds is 7. The molecule has 33 heavy (non-hydrogen) atoms. The van der Waals surface area contributed by atoms with E-state index in [4.69, 9.17) is 16.3 Å². The van der Waals surface area contributed by atoms with Crippen molar-refractivity contribution in [3.8, 4) is 11.8 Å². The first-order valence-electron chi connectivity index (χ1n) is 10.2. The van der Waals surface area contributed by atoms with Crippen LogP contribution in [0.5, 0.6) is 5.75 Å². The highest BCUT2D eigenvalue weighted by Gasteiger charge is 2.15. The molecule has 0 saturated carbocycles. The molecule has 0 aromatic heterocycles. The van der Waals surface area contributed by atoms with E-state index in [1.165, 1.54) is 12.1 Å². The fraction of sp³-hybridized carbons (Fsp3) is 0.154. The van der Waals surface area contributed by atoms with Gasteiger partial charge in [-0.05, 0) is 89.5 Å². The van der Waals surface area contributed by atoms with Gasteiger partial charge in [0.2, 0.25) is 0 Å². The van der Waals surface area contributed by atoms with E-state index in [0.717, 1.165) is 14.7 Å². The predicted octanol–water partition coefficient (Wildman–Crippen LogP) is 6.93. The third-order valence-electron chi connectivity index (χ3n) is 4.91. The van der Waals surface area contributed by atoms with Crippen LogP contribution < -0.4 is 10.1 Å². The van der Waals surface area contributed by atoms with Gasteiger partial charge in [0.15, 0.2) is 0 Å². The van der Waals surface area contributed by atoms with Gasteiger partial charge in [-0.25, -0.2) is 4.39 Å². The van der Waals surface area contributed by atoms with E-state index in [2.05, 4.69) is 27.9 Å². The van der Waals surface area contributed by atoms with Crippen molar-refractivity contribution in [2.75, 3.05) is 11.9 Å². The van der Waals surface area contributed by atoms with Gasteiger partial charge in [0.05, 0.1) is 6.61 Å². The van der Waals surface area contributed by atoms with E-state index in [-0.39, 0.29) is 11.4 Å². The van der Waals surface area contributed by atoms with E-state index < -0.39 is 5.91 Å². The third-order valence-corrected chi connectivity index (χ3v) is 6.28.